The van der Waals surface area contributed by atoms with E-state index in [1.807, 2.05) is 0 Å². The van der Waals surface area contributed by atoms with E-state index in [0.717, 1.165) is 51.9 Å². The standard InChI is InChI=1S/C22H42N4S2/c1-5-9-11-13-15-21(17-23)19-25(7-3)27-28-26(8-4)20-22(18-24)16-14-12-10-6-2/h21-22H,5-16,19-20H2,1-4H3. The summed E-state index contributed by atoms with van der Waals surface area (Å²) in [7, 11) is 3.48. The monoisotopic (exact) mass is 426 g/mol. The number of hydrogen-bond donors (Lipinski definition) is 0. The quantitative estimate of drug-likeness (QED) is 0.125. The van der Waals surface area contributed by atoms with E-state index in [9.17, 15) is 10.5 Å². The van der Waals surface area contributed by atoms with Gasteiger partial charge in [0.05, 0.1) is 24.0 Å². The first-order valence-corrected chi connectivity index (χ1v) is 13.3. The Balaban J connectivity index is 4.32. The predicted octanol–water partition coefficient (Wildman–Crippen LogP) is 7.06. The van der Waals surface area contributed by atoms with Crippen LogP contribution in [0.25, 0.3) is 0 Å². The topological polar surface area (TPSA) is 54.1 Å². The van der Waals surface area contributed by atoms with Crippen molar-refractivity contribution < 1.29 is 0 Å². The molecule has 0 heterocycles. The van der Waals surface area contributed by atoms with E-state index in [0.29, 0.717) is 0 Å². The van der Waals surface area contributed by atoms with E-state index in [2.05, 4.69) is 48.4 Å². The Hall–Kier alpha value is -0.400. The highest BCUT2D eigenvalue weighted by Crippen LogP contribution is 2.31. The fourth-order valence-electron chi connectivity index (χ4n) is 3.04. The second kappa shape index (κ2) is 19.9. The average Bonchev–Trinajstić information content (AvgIpc) is 2.73. The molecule has 0 aliphatic heterocycles. The highest BCUT2D eigenvalue weighted by molar-refractivity contribution is 8.74. The Kier molecular flexibility index (Phi) is 19.6. The number of unbranched alkanes of at least 4 members (excludes halogenated alkanes) is 6. The van der Waals surface area contributed by atoms with Gasteiger partial charge in [-0.1, -0.05) is 79.1 Å². The van der Waals surface area contributed by atoms with Gasteiger partial charge in [0.15, 0.2) is 0 Å². The SMILES string of the molecule is CCCCCCC(C#N)CN(CC)SSN(CC)CC(C#N)CCCCCC. The van der Waals surface area contributed by atoms with Crippen molar-refractivity contribution in [1.82, 2.24) is 8.61 Å². The Morgan fingerprint density at radius 3 is 1.32 bits per heavy atom. The van der Waals surface area contributed by atoms with Crippen molar-refractivity contribution in [2.45, 2.75) is 91.9 Å². The Morgan fingerprint density at radius 2 is 1.04 bits per heavy atom. The summed E-state index contributed by atoms with van der Waals surface area (Å²) in [6.45, 7) is 12.3. The van der Waals surface area contributed by atoms with Gasteiger partial charge in [-0.05, 0) is 12.8 Å². The molecule has 6 heteroatoms. The molecule has 0 aliphatic carbocycles. The van der Waals surface area contributed by atoms with Gasteiger partial charge in [-0.3, -0.25) is 0 Å². The Morgan fingerprint density at radius 1 is 0.643 bits per heavy atom. The van der Waals surface area contributed by atoms with Crippen LogP contribution in [0.15, 0.2) is 0 Å². The molecule has 0 saturated carbocycles. The molecular weight excluding hydrogens is 384 g/mol. The van der Waals surface area contributed by atoms with Gasteiger partial charge in [0.25, 0.3) is 0 Å². The number of rotatable bonds is 19. The van der Waals surface area contributed by atoms with Crippen molar-refractivity contribution in [1.29, 1.82) is 10.5 Å². The zero-order valence-electron chi connectivity index (χ0n) is 18.7. The lowest BCUT2D eigenvalue weighted by Crippen LogP contribution is -2.25. The molecule has 0 bridgehead atoms. The molecule has 28 heavy (non-hydrogen) atoms. The smallest absolute Gasteiger partial charge is 0.0669 e. The molecule has 0 radical (unpaired) electrons. The zero-order chi connectivity index (χ0) is 21.0. The highest BCUT2D eigenvalue weighted by Gasteiger charge is 2.17. The maximum atomic E-state index is 9.48. The van der Waals surface area contributed by atoms with Crippen LogP contribution in [0.4, 0.5) is 0 Å². The lowest BCUT2D eigenvalue weighted by molar-refractivity contribution is 0.404. The van der Waals surface area contributed by atoms with Gasteiger partial charge in [0.1, 0.15) is 0 Å². The first-order chi connectivity index (χ1) is 13.6. The molecule has 162 valence electrons. The summed E-state index contributed by atoms with van der Waals surface area (Å²) in [5.74, 6) is 0.232. The second-order valence-electron chi connectivity index (χ2n) is 7.46. The summed E-state index contributed by atoms with van der Waals surface area (Å²) >= 11 is 0. The molecule has 0 fully saturated rings. The van der Waals surface area contributed by atoms with E-state index in [1.165, 1.54) is 38.5 Å². The summed E-state index contributed by atoms with van der Waals surface area (Å²) in [6.07, 6.45) is 11.8. The summed E-state index contributed by atoms with van der Waals surface area (Å²) in [6, 6.07) is 5.00. The minimum Gasteiger partial charge on any atom is -0.239 e. The Bertz CT molecular complexity index is 393. The van der Waals surface area contributed by atoms with E-state index < -0.39 is 0 Å². The molecule has 0 spiro atoms. The van der Waals surface area contributed by atoms with Crippen LogP contribution < -0.4 is 0 Å². The van der Waals surface area contributed by atoms with Crippen LogP contribution in [0, 0.1) is 34.5 Å². The molecule has 0 aromatic rings. The van der Waals surface area contributed by atoms with Gasteiger partial charge in [0.2, 0.25) is 0 Å². The fraction of sp³-hybridized carbons (Fsp3) is 0.909. The minimum absolute atomic E-state index is 0.116. The van der Waals surface area contributed by atoms with Gasteiger partial charge in [-0.2, -0.15) is 10.5 Å². The molecular formula is C22H42N4S2. The van der Waals surface area contributed by atoms with Crippen LogP contribution in [0.5, 0.6) is 0 Å². The van der Waals surface area contributed by atoms with Crippen LogP contribution in [-0.2, 0) is 0 Å². The number of hydrogen-bond acceptors (Lipinski definition) is 6. The van der Waals surface area contributed by atoms with Gasteiger partial charge in [-0.25, -0.2) is 8.61 Å². The van der Waals surface area contributed by atoms with Crippen LogP contribution >= 0.6 is 22.0 Å². The molecule has 2 unspecified atom stereocenters. The van der Waals surface area contributed by atoms with Gasteiger partial charge in [-0.15, -0.1) is 0 Å². The molecule has 4 nitrogen and oxygen atoms in total. The normalized spacial score (nSPS) is 13.4. The summed E-state index contributed by atoms with van der Waals surface area (Å²) in [5.41, 5.74) is 0. The van der Waals surface area contributed by atoms with Gasteiger partial charge < -0.3 is 0 Å². The Labute approximate surface area is 183 Å². The van der Waals surface area contributed by atoms with Crippen molar-refractivity contribution in [3.63, 3.8) is 0 Å². The molecule has 0 aromatic heterocycles. The van der Waals surface area contributed by atoms with Gasteiger partial charge >= 0.3 is 0 Å². The molecule has 0 aromatic carbocycles. The second-order valence-corrected chi connectivity index (χ2v) is 9.69. The summed E-state index contributed by atoms with van der Waals surface area (Å²) in [5, 5.41) is 19.0. The molecule has 0 saturated heterocycles. The first kappa shape index (κ1) is 27.6. The van der Waals surface area contributed by atoms with Crippen molar-refractivity contribution >= 4 is 22.0 Å². The molecule has 0 aliphatic rings. The zero-order valence-corrected chi connectivity index (χ0v) is 20.3. The molecule has 2 atom stereocenters. The third-order valence-corrected chi connectivity index (χ3v) is 7.74. The van der Waals surface area contributed by atoms with Crippen molar-refractivity contribution in [2.75, 3.05) is 26.2 Å². The molecule has 0 amide bonds. The molecule has 0 N–H and O–H groups in total. The van der Waals surface area contributed by atoms with Crippen molar-refractivity contribution in [2.24, 2.45) is 11.8 Å². The van der Waals surface area contributed by atoms with Crippen LogP contribution in [-0.4, -0.2) is 34.8 Å². The van der Waals surface area contributed by atoms with Crippen LogP contribution in [0.3, 0.4) is 0 Å². The molecule has 0 rings (SSSR count). The van der Waals surface area contributed by atoms with E-state index in [-0.39, 0.29) is 11.8 Å². The largest absolute Gasteiger partial charge is 0.239 e. The maximum Gasteiger partial charge on any atom is 0.0669 e. The van der Waals surface area contributed by atoms with Gasteiger partial charge in [0, 0.05) is 48.1 Å². The average molecular weight is 427 g/mol. The van der Waals surface area contributed by atoms with Crippen molar-refractivity contribution in [3.05, 3.63) is 0 Å². The fourth-order valence-corrected chi connectivity index (χ4v) is 5.48. The van der Waals surface area contributed by atoms with E-state index >= 15 is 0 Å². The van der Waals surface area contributed by atoms with Crippen LogP contribution in [0.2, 0.25) is 0 Å². The van der Waals surface area contributed by atoms with Crippen molar-refractivity contribution in [3.8, 4) is 12.1 Å². The van der Waals surface area contributed by atoms with E-state index in [4.69, 9.17) is 0 Å². The first-order valence-electron chi connectivity index (χ1n) is 11.3. The third kappa shape index (κ3) is 14.6. The lowest BCUT2D eigenvalue weighted by Gasteiger charge is -2.26. The predicted molar refractivity (Wildman–Crippen MR) is 125 cm³/mol. The summed E-state index contributed by atoms with van der Waals surface area (Å²) in [4.78, 5) is 0. The number of nitrogens with zero attached hydrogens (tertiary/aromatic N) is 4. The summed E-state index contributed by atoms with van der Waals surface area (Å²) < 4.78 is 4.59. The minimum atomic E-state index is 0.116. The van der Waals surface area contributed by atoms with Crippen LogP contribution in [0.1, 0.15) is 91.9 Å². The maximum absolute atomic E-state index is 9.48. The third-order valence-electron chi connectivity index (χ3n) is 4.98. The van der Waals surface area contributed by atoms with E-state index in [1.54, 1.807) is 22.0 Å². The lowest BCUT2D eigenvalue weighted by atomic mass is 10.0. The highest BCUT2D eigenvalue weighted by atomic mass is 33.1. The number of nitriles is 2.